The van der Waals surface area contributed by atoms with E-state index in [-0.39, 0.29) is 0 Å². The van der Waals surface area contributed by atoms with Crippen molar-refractivity contribution < 1.29 is 0 Å². The summed E-state index contributed by atoms with van der Waals surface area (Å²) < 4.78 is 0.934. The molecule has 3 N–H and O–H groups in total. The summed E-state index contributed by atoms with van der Waals surface area (Å²) in [5, 5.41) is 4.31. The first kappa shape index (κ1) is 13.2. The molecule has 0 amide bonds. The maximum Gasteiger partial charge on any atom is 0.0568 e. The van der Waals surface area contributed by atoms with Crippen LogP contribution in [-0.2, 0) is 0 Å². The molecule has 2 nitrogen and oxygen atoms in total. The molecule has 1 saturated carbocycles. The molecule has 0 aliphatic heterocycles. The smallest absolute Gasteiger partial charge is 0.0568 e. The Morgan fingerprint density at radius 2 is 2.12 bits per heavy atom. The van der Waals surface area contributed by atoms with E-state index in [1.54, 1.807) is 0 Å². The molecule has 0 aromatic heterocycles. The number of nitrogens with one attached hydrogen (secondary N) is 1. The fourth-order valence-corrected chi connectivity index (χ4v) is 2.91. The van der Waals surface area contributed by atoms with Gasteiger partial charge in [-0.05, 0) is 59.4 Å². The number of nitrogens with two attached hydrogens (primary N) is 1. The van der Waals surface area contributed by atoms with Crippen molar-refractivity contribution in [2.24, 2.45) is 11.7 Å². The van der Waals surface area contributed by atoms with Gasteiger partial charge in [0, 0.05) is 16.2 Å². The van der Waals surface area contributed by atoms with Gasteiger partial charge in [0.1, 0.15) is 0 Å². The van der Waals surface area contributed by atoms with Crippen molar-refractivity contribution in [3.63, 3.8) is 0 Å². The van der Waals surface area contributed by atoms with E-state index in [0.717, 1.165) is 21.7 Å². The van der Waals surface area contributed by atoms with E-state index < -0.39 is 0 Å². The topological polar surface area (TPSA) is 38.0 Å². The largest absolute Gasteiger partial charge is 0.382 e. The van der Waals surface area contributed by atoms with Gasteiger partial charge >= 0.3 is 0 Å². The van der Waals surface area contributed by atoms with E-state index in [1.807, 2.05) is 12.1 Å². The number of anilines is 1. The highest BCUT2D eigenvalue weighted by molar-refractivity contribution is 9.10. The average Bonchev–Trinajstić information content (AvgIpc) is 2.34. The highest BCUT2D eigenvalue weighted by Crippen LogP contribution is 2.29. The maximum absolute atomic E-state index is 6.09. The summed E-state index contributed by atoms with van der Waals surface area (Å²) in [4.78, 5) is 0. The van der Waals surface area contributed by atoms with Crippen molar-refractivity contribution in [1.82, 2.24) is 0 Å². The van der Waals surface area contributed by atoms with Crippen LogP contribution in [0, 0.1) is 5.92 Å². The normalized spacial score (nSPS) is 24.6. The molecule has 2 rings (SSSR count). The summed E-state index contributed by atoms with van der Waals surface area (Å²) in [6.45, 7) is 0.766. The van der Waals surface area contributed by atoms with Crippen LogP contribution in [0.1, 0.15) is 25.7 Å². The Hall–Kier alpha value is -0.250. The summed E-state index contributed by atoms with van der Waals surface area (Å²) >= 11 is 9.49. The van der Waals surface area contributed by atoms with Crippen molar-refractivity contribution in [3.05, 3.63) is 27.7 Å². The third kappa shape index (κ3) is 3.36. The summed E-state index contributed by atoms with van der Waals surface area (Å²) in [5.74, 6) is 0.589. The van der Waals surface area contributed by atoms with Gasteiger partial charge in [0.2, 0.25) is 0 Å². The van der Waals surface area contributed by atoms with Gasteiger partial charge in [-0.3, -0.25) is 0 Å². The molecule has 1 aliphatic rings. The Bertz CT molecular complexity index is 384. The molecule has 17 heavy (non-hydrogen) atoms. The fraction of sp³-hybridized carbons (Fsp3) is 0.538. The van der Waals surface area contributed by atoms with Crippen molar-refractivity contribution in [3.8, 4) is 0 Å². The lowest BCUT2D eigenvalue weighted by molar-refractivity contribution is 0.332. The summed E-state index contributed by atoms with van der Waals surface area (Å²) in [6.07, 6.45) is 5.04. The van der Waals surface area contributed by atoms with Crippen LogP contribution in [0.2, 0.25) is 5.02 Å². The molecular weight excluding hydrogens is 300 g/mol. The van der Waals surface area contributed by atoms with Gasteiger partial charge in [0.15, 0.2) is 0 Å². The number of hydrogen-bond acceptors (Lipinski definition) is 2. The van der Waals surface area contributed by atoms with Crippen LogP contribution in [-0.4, -0.2) is 12.6 Å². The van der Waals surface area contributed by atoms with Crippen LogP contribution in [0.4, 0.5) is 5.69 Å². The van der Waals surface area contributed by atoms with Gasteiger partial charge in [0.05, 0.1) is 5.02 Å². The van der Waals surface area contributed by atoms with Crippen LogP contribution >= 0.6 is 27.5 Å². The molecule has 94 valence electrons. The van der Waals surface area contributed by atoms with Gasteiger partial charge in [-0.2, -0.15) is 0 Å². The van der Waals surface area contributed by atoms with E-state index in [2.05, 4.69) is 27.3 Å². The minimum absolute atomic E-state index is 0.492. The van der Waals surface area contributed by atoms with Crippen molar-refractivity contribution in [2.75, 3.05) is 11.9 Å². The summed E-state index contributed by atoms with van der Waals surface area (Å²) in [7, 11) is 0. The monoisotopic (exact) mass is 316 g/mol. The fourth-order valence-electron chi connectivity index (χ4n) is 2.48. The van der Waals surface area contributed by atoms with E-state index in [4.69, 9.17) is 17.3 Å². The lowest BCUT2D eigenvalue weighted by Crippen LogP contribution is -2.36. The predicted octanol–water partition coefficient (Wildman–Crippen LogP) is 4.03. The van der Waals surface area contributed by atoms with Crippen molar-refractivity contribution >= 4 is 33.2 Å². The quantitative estimate of drug-likeness (QED) is 0.883. The number of halogens is 2. The van der Waals surface area contributed by atoms with Gasteiger partial charge in [-0.15, -0.1) is 0 Å². The first-order chi connectivity index (χ1) is 8.20. The second-order valence-corrected chi connectivity index (χ2v) is 5.92. The maximum atomic E-state index is 6.09. The van der Waals surface area contributed by atoms with Gasteiger partial charge in [-0.25, -0.2) is 0 Å². The predicted molar refractivity (Wildman–Crippen MR) is 77.6 cm³/mol. The van der Waals surface area contributed by atoms with E-state index in [9.17, 15) is 0 Å². The molecule has 2 atom stereocenters. The molecule has 0 bridgehead atoms. The van der Waals surface area contributed by atoms with Gasteiger partial charge < -0.3 is 11.1 Å². The highest BCUT2D eigenvalue weighted by atomic mass is 79.9. The first-order valence-electron chi connectivity index (χ1n) is 6.12. The molecule has 0 saturated heterocycles. The molecular formula is C13H18BrClN2. The molecule has 0 spiro atoms. The van der Waals surface area contributed by atoms with Crippen LogP contribution in [0.15, 0.2) is 22.7 Å². The number of hydrogen-bond donors (Lipinski definition) is 2. The minimum atomic E-state index is 0.492. The van der Waals surface area contributed by atoms with Gasteiger partial charge in [0.25, 0.3) is 0 Å². The SMILES string of the molecule is NCC1CCCCC1Nc1ccc(Br)c(Cl)c1. The third-order valence-electron chi connectivity index (χ3n) is 3.48. The molecule has 1 aromatic rings. The average molecular weight is 318 g/mol. The number of benzene rings is 1. The zero-order valence-electron chi connectivity index (χ0n) is 9.76. The Morgan fingerprint density at radius 1 is 1.35 bits per heavy atom. The Morgan fingerprint density at radius 3 is 2.82 bits per heavy atom. The lowest BCUT2D eigenvalue weighted by atomic mass is 9.84. The minimum Gasteiger partial charge on any atom is -0.382 e. The Kier molecular flexibility index (Phi) is 4.71. The third-order valence-corrected chi connectivity index (χ3v) is 4.72. The molecule has 0 heterocycles. The van der Waals surface area contributed by atoms with E-state index in [1.165, 1.54) is 25.7 Å². The van der Waals surface area contributed by atoms with Crippen LogP contribution in [0.25, 0.3) is 0 Å². The van der Waals surface area contributed by atoms with Crippen LogP contribution in [0.3, 0.4) is 0 Å². The van der Waals surface area contributed by atoms with Crippen LogP contribution < -0.4 is 11.1 Å². The highest BCUT2D eigenvalue weighted by Gasteiger charge is 2.23. The van der Waals surface area contributed by atoms with Crippen LogP contribution in [0.5, 0.6) is 0 Å². The Labute approximate surface area is 116 Å². The standard InChI is InChI=1S/C13H18BrClN2/c14-11-6-5-10(7-12(11)15)17-13-4-2-1-3-9(13)8-16/h5-7,9,13,17H,1-4,8,16H2. The van der Waals surface area contributed by atoms with E-state index in [0.29, 0.717) is 12.0 Å². The molecule has 2 unspecified atom stereocenters. The second-order valence-electron chi connectivity index (χ2n) is 4.66. The first-order valence-corrected chi connectivity index (χ1v) is 7.29. The zero-order valence-corrected chi connectivity index (χ0v) is 12.1. The lowest BCUT2D eigenvalue weighted by Gasteiger charge is -2.32. The van der Waals surface area contributed by atoms with Crippen molar-refractivity contribution in [2.45, 2.75) is 31.7 Å². The zero-order chi connectivity index (χ0) is 12.3. The van der Waals surface area contributed by atoms with E-state index >= 15 is 0 Å². The molecule has 1 aliphatic carbocycles. The molecule has 0 radical (unpaired) electrons. The number of rotatable bonds is 3. The summed E-state index contributed by atoms with van der Waals surface area (Å²) in [6, 6.07) is 6.49. The molecule has 1 aromatic carbocycles. The van der Waals surface area contributed by atoms with Crippen molar-refractivity contribution in [1.29, 1.82) is 0 Å². The Balaban J connectivity index is 2.05. The molecule has 4 heteroatoms. The summed E-state index contributed by atoms with van der Waals surface area (Å²) in [5.41, 5.74) is 6.91. The second kappa shape index (κ2) is 6.07. The molecule has 1 fully saturated rings. The van der Waals surface area contributed by atoms with Gasteiger partial charge in [-0.1, -0.05) is 24.4 Å².